The fourth-order valence-electron chi connectivity index (χ4n) is 5.87. The number of H-pyrrole nitrogens is 1. The first-order valence-corrected chi connectivity index (χ1v) is 13.6. The van der Waals surface area contributed by atoms with Crippen molar-refractivity contribution >= 4 is 23.2 Å². The lowest BCUT2D eigenvalue weighted by Gasteiger charge is -2.24. The van der Waals surface area contributed by atoms with Crippen molar-refractivity contribution in [3.05, 3.63) is 56.7 Å². The third-order valence-corrected chi connectivity index (χ3v) is 7.99. The second-order valence-corrected chi connectivity index (χ2v) is 10.6. The molecule has 0 bridgehead atoms. The highest BCUT2D eigenvalue weighted by molar-refractivity contribution is 5.87. The maximum absolute atomic E-state index is 13.7. The van der Waals surface area contributed by atoms with Crippen LogP contribution in [0, 0.1) is 11.8 Å². The van der Waals surface area contributed by atoms with E-state index in [1.165, 1.54) is 43.4 Å². The van der Waals surface area contributed by atoms with Gasteiger partial charge in [-0.05, 0) is 49.2 Å². The number of methoxy groups -OCH3 is 1. The van der Waals surface area contributed by atoms with Crippen LogP contribution in [0.3, 0.4) is 0 Å². The molecule has 2 aliphatic carbocycles. The van der Waals surface area contributed by atoms with Gasteiger partial charge < -0.3 is 9.72 Å². The number of nitrogens with one attached hydrogen (secondary N) is 1. The van der Waals surface area contributed by atoms with E-state index in [-0.39, 0.29) is 11.2 Å². The summed E-state index contributed by atoms with van der Waals surface area (Å²) in [4.78, 5) is 46.7. The predicted molar refractivity (Wildman–Crippen MR) is 144 cm³/mol. The number of rotatable bonds is 7. The molecule has 2 fully saturated rings. The third-order valence-electron chi connectivity index (χ3n) is 7.99. The average molecular weight is 505 g/mol. The minimum atomic E-state index is -0.415. The number of carbonyl (C=O) groups excluding carboxylic acids is 1. The summed E-state index contributed by atoms with van der Waals surface area (Å²) in [6.45, 7) is 1.08. The number of ether oxygens (including phenoxy) is 1. The van der Waals surface area contributed by atoms with Crippen LogP contribution in [0.2, 0.25) is 0 Å². The van der Waals surface area contributed by atoms with E-state index in [0.717, 1.165) is 49.7 Å². The molecule has 2 aromatic heterocycles. The van der Waals surface area contributed by atoms with Crippen molar-refractivity contribution in [3.63, 3.8) is 0 Å². The fraction of sp³-hybridized carbons (Fsp3) is 0.517. The lowest BCUT2D eigenvalue weighted by atomic mass is 9.89. The number of benzene rings is 1. The van der Waals surface area contributed by atoms with E-state index in [4.69, 9.17) is 4.98 Å². The highest BCUT2D eigenvalue weighted by Crippen LogP contribution is 2.27. The first kappa shape index (κ1) is 25.2. The van der Waals surface area contributed by atoms with Crippen LogP contribution in [0.25, 0.3) is 28.6 Å². The summed E-state index contributed by atoms with van der Waals surface area (Å²) in [5.41, 5.74) is 1.98. The number of hydrogen-bond donors (Lipinski definition) is 1. The molecule has 1 aromatic carbocycles. The maximum Gasteiger partial charge on any atom is 0.332 e. The van der Waals surface area contributed by atoms with E-state index in [9.17, 15) is 14.4 Å². The summed E-state index contributed by atoms with van der Waals surface area (Å²) in [7, 11) is 1.34. The Morgan fingerprint density at radius 1 is 0.946 bits per heavy atom. The Balaban J connectivity index is 1.53. The van der Waals surface area contributed by atoms with Crippen molar-refractivity contribution < 1.29 is 9.53 Å². The molecule has 2 aliphatic rings. The summed E-state index contributed by atoms with van der Waals surface area (Å²) >= 11 is 0. The highest BCUT2D eigenvalue weighted by atomic mass is 16.5. The Hall–Kier alpha value is -3.42. The normalized spacial score (nSPS) is 17.5. The van der Waals surface area contributed by atoms with Crippen LogP contribution in [0.4, 0.5) is 0 Å². The number of aromatic amines is 1. The number of carbonyl (C=O) groups is 1. The van der Waals surface area contributed by atoms with E-state index in [1.807, 2.05) is 24.3 Å². The van der Waals surface area contributed by atoms with Gasteiger partial charge in [0.15, 0.2) is 5.52 Å². The van der Waals surface area contributed by atoms with Crippen LogP contribution >= 0.6 is 0 Å². The number of hydrogen-bond acceptors (Lipinski definition) is 5. The van der Waals surface area contributed by atoms with Crippen LogP contribution in [0.5, 0.6) is 0 Å². The lowest BCUT2D eigenvalue weighted by molar-refractivity contribution is -0.134. The van der Waals surface area contributed by atoms with Gasteiger partial charge in [0.2, 0.25) is 0 Å². The molecule has 2 heterocycles. The standard InChI is InChI=1S/C29H36N4O4/c1-37-24(34)17-14-20-12-15-23(16-13-20)26-30-25-27(31-26)32(18-21-8-4-2-5-9-21)29(36)33(28(25)35)19-22-10-6-3-7-11-22/h12-17,21-22H,2-11,18-19H2,1H3,(H,30,31). The zero-order valence-corrected chi connectivity index (χ0v) is 21.6. The van der Waals surface area contributed by atoms with Crippen LogP contribution in [0.15, 0.2) is 39.9 Å². The molecule has 8 nitrogen and oxygen atoms in total. The molecule has 196 valence electrons. The molecule has 2 saturated carbocycles. The Morgan fingerprint density at radius 3 is 2.14 bits per heavy atom. The molecule has 0 unspecified atom stereocenters. The molecule has 5 rings (SSSR count). The zero-order valence-electron chi connectivity index (χ0n) is 21.6. The van der Waals surface area contributed by atoms with Gasteiger partial charge in [-0.25, -0.2) is 14.6 Å². The van der Waals surface area contributed by atoms with Gasteiger partial charge in [0, 0.05) is 24.7 Å². The fourth-order valence-corrected chi connectivity index (χ4v) is 5.87. The van der Waals surface area contributed by atoms with Gasteiger partial charge >= 0.3 is 11.7 Å². The Bertz CT molecular complexity index is 1380. The Morgan fingerprint density at radius 2 is 1.54 bits per heavy atom. The van der Waals surface area contributed by atoms with E-state index in [1.54, 1.807) is 10.6 Å². The molecule has 0 amide bonds. The molecule has 0 atom stereocenters. The second kappa shape index (κ2) is 11.3. The molecule has 1 N–H and O–H groups in total. The molecule has 8 heteroatoms. The van der Waals surface area contributed by atoms with Gasteiger partial charge in [-0.1, -0.05) is 62.8 Å². The molecule has 37 heavy (non-hydrogen) atoms. The van der Waals surface area contributed by atoms with E-state index < -0.39 is 5.97 Å². The molecular formula is C29H36N4O4. The van der Waals surface area contributed by atoms with Crippen molar-refractivity contribution in [3.8, 4) is 11.4 Å². The second-order valence-electron chi connectivity index (χ2n) is 10.6. The molecule has 0 saturated heterocycles. The van der Waals surface area contributed by atoms with Crippen LogP contribution in [0.1, 0.15) is 69.8 Å². The number of imidazole rings is 1. The quantitative estimate of drug-likeness (QED) is 0.364. The number of fused-ring (bicyclic) bond motifs is 1. The van der Waals surface area contributed by atoms with Crippen molar-refractivity contribution in [1.82, 2.24) is 19.1 Å². The van der Waals surface area contributed by atoms with Gasteiger partial charge in [0.1, 0.15) is 11.5 Å². The third kappa shape index (κ3) is 5.63. The van der Waals surface area contributed by atoms with Gasteiger partial charge in [-0.2, -0.15) is 0 Å². The van der Waals surface area contributed by atoms with Crippen molar-refractivity contribution in [1.29, 1.82) is 0 Å². The van der Waals surface area contributed by atoms with Gasteiger partial charge in [-0.15, -0.1) is 0 Å². The molecule has 0 radical (unpaired) electrons. The average Bonchev–Trinajstić information content (AvgIpc) is 3.39. The lowest BCUT2D eigenvalue weighted by Crippen LogP contribution is -2.42. The SMILES string of the molecule is COC(=O)C=Cc1ccc(-c2nc3c(=O)n(CC4CCCCC4)c(=O)n(CC4CCCCC4)c3[nH]2)cc1. The van der Waals surface area contributed by atoms with Gasteiger partial charge in [0.25, 0.3) is 5.56 Å². The first-order chi connectivity index (χ1) is 18.0. The number of nitrogens with zero attached hydrogens (tertiary/aromatic N) is 3. The predicted octanol–water partition coefficient (Wildman–Crippen LogP) is 4.90. The molecule has 0 spiro atoms. The molecule has 3 aromatic rings. The van der Waals surface area contributed by atoms with E-state index in [0.29, 0.717) is 41.9 Å². The van der Waals surface area contributed by atoms with Crippen molar-refractivity contribution in [2.45, 2.75) is 77.3 Å². The topological polar surface area (TPSA) is 99.0 Å². The maximum atomic E-state index is 13.7. The zero-order chi connectivity index (χ0) is 25.8. The van der Waals surface area contributed by atoms with Crippen LogP contribution < -0.4 is 11.2 Å². The van der Waals surface area contributed by atoms with Crippen LogP contribution in [-0.4, -0.2) is 32.2 Å². The van der Waals surface area contributed by atoms with E-state index >= 15 is 0 Å². The molecule has 0 aliphatic heterocycles. The summed E-state index contributed by atoms with van der Waals surface area (Å²) in [6, 6.07) is 7.52. The summed E-state index contributed by atoms with van der Waals surface area (Å²) < 4.78 is 7.87. The molecular weight excluding hydrogens is 468 g/mol. The summed E-state index contributed by atoms with van der Waals surface area (Å²) in [5, 5.41) is 0. The number of aromatic nitrogens is 4. The van der Waals surface area contributed by atoms with Crippen molar-refractivity contribution in [2.75, 3.05) is 7.11 Å². The Labute approximate surface area is 216 Å². The largest absolute Gasteiger partial charge is 0.466 e. The minimum absolute atomic E-state index is 0.216. The summed E-state index contributed by atoms with van der Waals surface area (Å²) in [5.74, 6) is 0.941. The van der Waals surface area contributed by atoms with Crippen LogP contribution in [-0.2, 0) is 22.6 Å². The van der Waals surface area contributed by atoms with Crippen molar-refractivity contribution in [2.24, 2.45) is 11.8 Å². The first-order valence-electron chi connectivity index (χ1n) is 13.6. The monoisotopic (exact) mass is 504 g/mol. The van der Waals surface area contributed by atoms with Gasteiger partial charge in [0.05, 0.1) is 7.11 Å². The smallest absolute Gasteiger partial charge is 0.332 e. The Kier molecular flexibility index (Phi) is 7.72. The highest BCUT2D eigenvalue weighted by Gasteiger charge is 2.24. The number of esters is 1. The summed E-state index contributed by atoms with van der Waals surface area (Å²) in [6.07, 6.45) is 14.6. The van der Waals surface area contributed by atoms with E-state index in [2.05, 4.69) is 9.72 Å². The van der Waals surface area contributed by atoms with Gasteiger partial charge in [-0.3, -0.25) is 13.9 Å². The minimum Gasteiger partial charge on any atom is -0.466 e.